The molecule has 1 aromatic rings. The first-order chi connectivity index (χ1) is 12.6. The smallest absolute Gasteiger partial charge is 0.226 e. The van der Waals surface area contributed by atoms with E-state index in [1.807, 2.05) is 4.90 Å². The Morgan fingerprint density at radius 3 is 2.42 bits per heavy atom. The van der Waals surface area contributed by atoms with Gasteiger partial charge in [0.2, 0.25) is 5.91 Å². The van der Waals surface area contributed by atoms with Gasteiger partial charge in [0.05, 0.1) is 0 Å². The average molecular weight is 360 g/mol. The van der Waals surface area contributed by atoms with Crippen LogP contribution in [0.25, 0.3) is 0 Å². The van der Waals surface area contributed by atoms with Crippen molar-refractivity contribution in [3.63, 3.8) is 0 Å². The van der Waals surface area contributed by atoms with Crippen LogP contribution in [-0.4, -0.2) is 50.1 Å². The van der Waals surface area contributed by atoms with Crippen molar-refractivity contribution in [3.8, 4) is 0 Å². The topological polar surface area (TPSA) is 35.6 Å². The Kier molecular flexibility index (Phi) is 9.13. The fourth-order valence-corrected chi connectivity index (χ4v) is 3.77. The number of piperazine rings is 1. The molecule has 0 bridgehead atoms. The summed E-state index contributed by atoms with van der Waals surface area (Å²) in [6.07, 6.45) is 6.18. The minimum atomic E-state index is 0.290. The standard InChI is InChI=1S/C22H37N3O/c1-4-5-16-25(22-19(2)10-9-11-20(22)3)21(26)12-7-6-8-15-24-17-13-23-14-18-24/h9-11,23H,4-8,12-18H2,1-3H3. The molecule has 0 aromatic heterocycles. The van der Waals surface area contributed by atoms with Crippen LogP contribution in [0.4, 0.5) is 5.69 Å². The summed E-state index contributed by atoms with van der Waals surface area (Å²) in [5.41, 5.74) is 3.54. The molecule has 1 amide bonds. The Morgan fingerprint density at radius 1 is 1.08 bits per heavy atom. The van der Waals surface area contributed by atoms with Gasteiger partial charge in [-0.1, -0.05) is 38.0 Å². The van der Waals surface area contributed by atoms with Gasteiger partial charge in [-0.3, -0.25) is 4.79 Å². The molecule has 1 fully saturated rings. The van der Waals surface area contributed by atoms with Crippen LogP contribution in [-0.2, 0) is 4.79 Å². The number of aryl methyl sites for hydroxylation is 2. The first-order valence-electron chi connectivity index (χ1n) is 10.4. The van der Waals surface area contributed by atoms with E-state index in [0.717, 1.165) is 64.1 Å². The predicted molar refractivity (Wildman–Crippen MR) is 111 cm³/mol. The molecule has 146 valence electrons. The van der Waals surface area contributed by atoms with Crippen molar-refractivity contribution < 1.29 is 4.79 Å². The Bertz CT molecular complexity index is 532. The molecule has 1 aliphatic heterocycles. The van der Waals surface area contributed by atoms with Gasteiger partial charge in [0.1, 0.15) is 0 Å². The van der Waals surface area contributed by atoms with Gasteiger partial charge in [-0.15, -0.1) is 0 Å². The van der Waals surface area contributed by atoms with E-state index in [4.69, 9.17) is 0 Å². The highest BCUT2D eigenvalue weighted by Crippen LogP contribution is 2.26. The molecule has 0 atom stereocenters. The van der Waals surface area contributed by atoms with Crippen LogP contribution in [0.1, 0.15) is 56.6 Å². The first-order valence-corrected chi connectivity index (χ1v) is 10.4. The van der Waals surface area contributed by atoms with Crippen LogP contribution in [0.3, 0.4) is 0 Å². The van der Waals surface area contributed by atoms with Crippen molar-refractivity contribution >= 4 is 11.6 Å². The second-order valence-electron chi connectivity index (χ2n) is 7.54. The molecule has 0 unspecified atom stereocenters. The molecule has 0 radical (unpaired) electrons. The van der Waals surface area contributed by atoms with E-state index in [0.29, 0.717) is 6.42 Å². The lowest BCUT2D eigenvalue weighted by Crippen LogP contribution is -2.43. The molecule has 0 aliphatic carbocycles. The highest BCUT2D eigenvalue weighted by molar-refractivity contribution is 5.94. The summed E-state index contributed by atoms with van der Waals surface area (Å²) in [7, 11) is 0. The largest absolute Gasteiger partial charge is 0.314 e. The number of benzene rings is 1. The fourth-order valence-electron chi connectivity index (χ4n) is 3.77. The number of hydrogen-bond donors (Lipinski definition) is 1. The maximum absolute atomic E-state index is 12.9. The van der Waals surface area contributed by atoms with E-state index in [1.54, 1.807) is 0 Å². The summed E-state index contributed by atoms with van der Waals surface area (Å²) in [6.45, 7) is 13.0. The van der Waals surface area contributed by atoms with Gasteiger partial charge in [-0.2, -0.15) is 0 Å². The van der Waals surface area contributed by atoms with E-state index in [1.165, 1.54) is 24.1 Å². The zero-order chi connectivity index (χ0) is 18.8. The zero-order valence-electron chi connectivity index (χ0n) is 17.0. The van der Waals surface area contributed by atoms with Gasteiger partial charge in [-0.25, -0.2) is 0 Å². The molecule has 4 heteroatoms. The van der Waals surface area contributed by atoms with Crippen LogP contribution in [0, 0.1) is 13.8 Å². The van der Waals surface area contributed by atoms with Crippen LogP contribution in [0.5, 0.6) is 0 Å². The number of nitrogens with zero attached hydrogens (tertiary/aromatic N) is 2. The summed E-state index contributed by atoms with van der Waals surface area (Å²) in [4.78, 5) is 17.5. The van der Waals surface area contributed by atoms with E-state index in [9.17, 15) is 4.79 Å². The normalized spacial score (nSPS) is 15.2. The molecular weight excluding hydrogens is 322 g/mol. The van der Waals surface area contributed by atoms with Gasteiger partial charge in [0.15, 0.2) is 0 Å². The number of anilines is 1. The Morgan fingerprint density at radius 2 is 1.77 bits per heavy atom. The number of carbonyl (C=O) groups is 1. The Hall–Kier alpha value is -1.39. The second kappa shape index (κ2) is 11.3. The fraction of sp³-hybridized carbons (Fsp3) is 0.682. The lowest BCUT2D eigenvalue weighted by Gasteiger charge is -2.27. The molecule has 4 nitrogen and oxygen atoms in total. The molecule has 0 saturated carbocycles. The maximum Gasteiger partial charge on any atom is 0.226 e. The Balaban J connectivity index is 1.82. The van der Waals surface area contributed by atoms with Gasteiger partial charge in [-0.05, 0) is 50.8 Å². The van der Waals surface area contributed by atoms with E-state index >= 15 is 0 Å². The minimum Gasteiger partial charge on any atom is -0.314 e. The number of nitrogens with one attached hydrogen (secondary N) is 1. The van der Waals surface area contributed by atoms with E-state index in [2.05, 4.69) is 49.2 Å². The number of rotatable bonds is 10. The van der Waals surface area contributed by atoms with Gasteiger partial charge in [0, 0.05) is 44.8 Å². The molecule has 2 rings (SSSR count). The summed E-state index contributed by atoms with van der Waals surface area (Å²) in [6, 6.07) is 6.30. The van der Waals surface area contributed by atoms with Crippen LogP contribution in [0.2, 0.25) is 0 Å². The lowest BCUT2D eigenvalue weighted by molar-refractivity contribution is -0.118. The highest BCUT2D eigenvalue weighted by Gasteiger charge is 2.18. The number of para-hydroxylation sites is 1. The molecule has 1 saturated heterocycles. The third-order valence-electron chi connectivity index (χ3n) is 5.32. The first kappa shape index (κ1) is 20.9. The minimum absolute atomic E-state index is 0.290. The quantitative estimate of drug-likeness (QED) is 0.644. The number of amides is 1. The molecule has 26 heavy (non-hydrogen) atoms. The zero-order valence-corrected chi connectivity index (χ0v) is 17.0. The number of unbranched alkanes of at least 4 members (excludes halogenated alkanes) is 3. The van der Waals surface area contributed by atoms with Crippen LogP contribution >= 0.6 is 0 Å². The second-order valence-corrected chi connectivity index (χ2v) is 7.54. The van der Waals surface area contributed by atoms with Gasteiger partial charge in [0.25, 0.3) is 0 Å². The van der Waals surface area contributed by atoms with Gasteiger partial charge >= 0.3 is 0 Å². The third kappa shape index (κ3) is 6.40. The maximum atomic E-state index is 12.9. The SMILES string of the molecule is CCCCN(C(=O)CCCCCN1CCNCC1)c1c(C)cccc1C. The molecular formula is C22H37N3O. The van der Waals surface area contributed by atoms with Crippen LogP contribution < -0.4 is 10.2 Å². The summed E-state index contributed by atoms with van der Waals surface area (Å²) >= 11 is 0. The third-order valence-corrected chi connectivity index (χ3v) is 5.32. The highest BCUT2D eigenvalue weighted by atomic mass is 16.2. The molecule has 1 aliphatic rings. The van der Waals surface area contributed by atoms with Crippen molar-refractivity contribution in [2.24, 2.45) is 0 Å². The number of carbonyl (C=O) groups excluding carboxylic acids is 1. The molecule has 1 heterocycles. The summed E-state index contributed by atoms with van der Waals surface area (Å²) < 4.78 is 0. The van der Waals surface area contributed by atoms with Crippen molar-refractivity contribution in [2.75, 3.05) is 44.2 Å². The Labute approximate surface area is 159 Å². The van der Waals surface area contributed by atoms with Crippen molar-refractivity contribution in [3.05, 3.63) is 29.3 Å². The monoisotopic (exact) mass is 359 g/mol. The predicted octanol–water partition coefficient (Wildman–Crippen LogP) is 3.90. The molecule has 1 aromatic carbocycles. The van der Waals surface area contributed by atoms with E-state index < -0.39 is 0 Å². The van der Waals surface area contributed by atoms with Crippen molar-refractivity contribution in [2.45, 2.75) is 59.3 Å². The van der Waals surface area contributed by atoms with Crippen molar-refractivity contribution in [1.82, 2.24) is 10.2 Å². The van der Waals surface area contributed by atoms with Crippen LogP contribution in [0.15, 0.2) is 18.2 Å². The average Bonchev–Trinajstić information content (AvgIpc) is 2.64. The molecule has 0 spiro atoms. The number of hydrogen-bond acceptors (Lipinski definition) is 3. The van der Waals surface area contributed by atoms with Crippen molar-refractivity contribution in [1.29, 1.82) is 0 Å². The van der Waals surface area contributed by atoms with E-state index in [-0.39, 0.29) is 5.91 Å². The summed E-state index contributed by atoms with van der Waals surface area (Å²) in [5.74, 6) is 0.290. The lowest BCUT2D eigenvalue weighted by atomic mass is 10.1. The molecule has 1 N–H and O–H groups in total. The van der Waals surface area contributed by atoms with Gasteiger partial charge < -0.3 is 15.1 Å². The summed E-state index contributed by atoms with van der Waals surface area (Å²) in [5, 5.41) is 3.39.